The SMILES string of the molecule is CC(C)COC(=O)c1ccc(NC(=O)c2ccc(NC(=O)c3ccc([N+](=O)[O-])c(OCC(C)C)c3)c(OCC(C)C)c2)c(OCC(C)C)c1. The van der Waals surface area contributed by atoms with Gasteiger partial charge in [-0.2, -0.15) is 0 Å². The second kappa shape index (κ2) is 17.9. The molecule has 12 nitrogen and oxygen atoms in total. The zero-order valence-electron chi connectivity index (χ0n) is 29.5. The lowest BCUT2D eigenvalue weighted by Gasteiger charge is -2.17. The van der Waals surface area contributed by atoms with E-state index in [2.05, 4.69) is 10.6 Å². The zero-order valence-corrected chi connectivity index (χ0v) is 29.5. The molecular formula is C37H47N3O9. The maximum Gasteiger partial charge on any atom is 0.338 e. The summed E-state index contributed by atoms with van der Waals surface area (Å²) >= 11 is 0. The number of amides is 2. The summed E-state index contributed by atoms with van der Waals surface area (Å²) in [6.45, 7) is 16.8. The summed E-state index contributed by atoms with van der Waals surface area (Å²) < 4.78 is 23.0. The lowest BCUT2D eigenvalue weighted by molar-refractivity contribution is -0.385. The third-order valence-electron chi connectivity index (χ3n) is 6.64. The number of ether oxygens (including phenoxy) is 4. The molecule has 0 saturated carbocycles. The van der Waals surface area contributed by atoms with Crippen molar-refractivity contribution < 1.29 is 38.3 Å². The second-order valence-corrected chi connectivity index (χ2v) is 13.4. The summed E-state index contributed by atoms with van der Waals surface area (Å²) in [6, 6.07) is 13.2. The summed E-state index contributed by atoms with van der Waals surface area (Å²) in [5.74, 6) is -0.313. The van der Waals surface area contributed by atoms with E-state index in [4.69, 9.17) is 18.9 Å². The molecule has 3 aromatic rings. The van der Waals surface area contributed by atoms with Gasteiger partial charge in [0.05, 0.1) is 48.3 Å². The number of nitrogens with zero attached hydrogens (tertiary/aromatic N) is 1. The fraction of sp³-hybridized carbons (Fsp3) is 0.432. The van der Waals surface area contributed by atoms with E-state index < -0.39 is 22.7 Å². The van der Waals surface area contributed by atoms with Crippen LogP contribution >= 0.6 is 0 Å². The summed E-state index contributed by atoms with van der Waals surface area (Å²) in [5.41, 5.74) is 1.11. The van der Waals surface area contributed by atoms with Gasteiger partial charge in [0, 0.05) is 23.3 Å². The molecule has 2 amide bonds. The predicted octanol–water partition coefficient (Wildman–Crippen LogP) is 8.02. The Kier molecular flexibility index (Phi) is 14.0. The first-order chi connectivity index (χ1) is 23.1. The summed E-state index contributed by atoms with van der Waals surface area (Å²) in [4.78, 5) is 50.4. The van der Waals surface area contributed by atoms with Crippen LogP contribution in [0.2, 0.25) is 0 Å². The van der Waals surface area contributed by atoms with Crippen molar-refractivity contribution in [2.75, 3.05) is 37.1 Å². The van der Waals surface area contributed by atoms with Crippen LogP contribution in [0.25, 0.3) is 0 Å². The number of nitrogens with one attached hydrogen (secondary N) is 2. The molecule has 0 fully saturated rings. The fourth-order valence-electron chi connectivity index (χ4n) is 4.16. The van der Waals surface area contributed by atoms with Crippen LogP contribution in [0, 0.1) is 33.8 Å². The van der Waals surface area contributed by atoms with Crippen molar-refractivity contribution in [1.82, 2.24) is 0 Å². The van der Waals surface area contributed by atoms with Gasteiger partial charge in [-0.1, -0.05) is 55.4 Å². The van der Waals surface area contributed by atoms with Crippen molar-refractivity contribution in [3.05, 3.63) is 81.4 Å². The van der Waals surface area contributed by atoms with E-state index in [-0.39, 0.29) is 65.2 Å². The highest BCUT2D eigenvalue weighted by Gasteiger charge is 2.21. The zero-order chi connectivity index (χ0) is 36.2. The summed E-state index contributed by atoms with van der Waals surface area (Å²) in [5, 5.41) is 17.2. The molecule has 0 radical (unpaired) electrons. The van der Waals surface area contributed by atoms with E-state index in [0.717, 1.165) is 0 Å². The van der Waals surface area contributed by atoms with Gasteiger partial charge in [-0.3, -0.25) is 19.7 Å². The van der Waals surface area contributed by atoms with Gasteiger partial charge in [-0.05, 0) is 66.1 Å². The van der Waals surface area contributed by atoms with Gasteiger partial charge in [-0.15, -0.1) is 0 Å². The first-order valence-electron chi connectivity index (χ1n) is 16.4. The lowest BCUT2D eigenvalue weighted by Crippen LogP contribution is -2.17. The van der Waals surface area contributed by atoms with Crippen LogP contribution in [-0.2, 0) is 4.74 Å². The van der Waals surface area contributed by atoms with Crippen LogP contribution < -0.4 is 24.8 Å². The highest BCUT2D eigenvalue weighted by atomic mass is 16.6. The Bertz CT molecular complexity index is 1630. The van der Waals surface area contributed by atoms with Crippen LogP contribution in [0.3, 0.4) is 0 Å². The molecule has 0 heterocycles. The summed E-state index contributed by atoms with van der Waals surface area (Å²) in [6.07, 6.45) is 0. The maximum absolute atomic E-state index is 13.5. The van der Waals surface area contributed by atoms with Crippen LogP contribution in [0.5, 0.6) is 17.2 Å². The van der Waals surface area contributed by atoms with Gasteiger partial charge in [0.25, 0.3) is 11.8 Å². The molecular weight excluding hydrogens is 630 g/mol. The monoisotopic (exact) mass is 677 g/mol. The van der Waals surface area contributed by atoms with E-state index in [1.54, 1.807) is 24.3 Å². The number of benzene rings is 3. The van der Waals surface area contributed by atoms with E-state index in [0.29, 0.717) is 35.9 Å². The Hall–Kier alpha value is -5.13. The minimum absolute atomic E-state index is 0.00752. The molecule has 0 saturated heterocycles. The molecule has 0 aliphatic carbocycles. The van der Waals surface area contributed by atoms with E-state index in [9.17, 15) is 24.5 Å². The predicted molar refractivity (Wildman–Crippen MR) is 188 cm³/mol. The fourth-order valence-corrected chi connectivity index (χ4v) is 4.16. The smallest absolute Gasteiger partial charge is 0.338 e. The topological polar surface area (TPSA) is 155 Å². The van der Waals surface area contributed by atoms with E-state index in [1.807, 2.05) is 55.4 Å². The van der Waals surface area contributed by atoms with Crippen LogP contribution in [0.1, 0.15) is 86.5 Å². The number of esters is 1. The maximum atomic E-state index is 13.5. The molecule has 0 aliphatic heterocycles. The summed E-state index contributed by atoms with van der Waals surface area (Å²) in [7, 11) is 0. The number of nitro benzene ring substituents is 1. The minimum Gasteiger partial charge on any atom is -0.491 e. The standard InChI is InChI=1S/C37H47N3O9/c1-22(2)18-46-32-15-26(9-12-29(32)38-36(42)27-11-14-31(40(44)45)34(16-27)48-20-24(5)6)35(41)39-30-13-10-28(37(43)49-21-25(7)8)17-33(30)47-19-23(3)4/h9-17,22-25H,18-21H2,1-8H3,(H,38,42)(H,39,41). The number of carbonyl (C=O) groups excluding carboxylic acids is 3. The van der Waals surface area contributed by atoms with Gasteiger partial charge < -0.3 is 29.6 Å². The molecule has 0 bridgehead atoms. The van der Waals surface area contributed by atoms with Crippen molar-refractivity contribution in [2.45, 2.75) is 55.4 Å². The number of carbonyl (C=O) groups is 3. The number of nitro groups is 1. The molecule has 49 heavy (non-hydrogen) atoms. The lowest BCUT2D eigenvalue weighted by atomic mass is 10.1. The largest absolute Gasteiger partial charge is 0.491 e. The van der Waals surface area contributed by atoms with Gasteiger partial charge in [0.2, 0.25) is 0 Å². The van der Waals surface area contributed by atoms with Crippen LogP contribution in [0.4, 0.5) is 17.1 Å². The molecule has 3 aromatic carbocycles. The molecule has 3 rings (SSSR count). The van der Waals surface area contributed by atoms with E-state index >= 15 is 0 Å². The first kappa shape index (κ1) is 38.3. The van der Waals surface area contributed by atoms with Crippen LogP contribution in [-0.4, -0.2) is 49.1 Å². The molecule has 0 aromatic heterocycles. The van der Waals surface area contributed by atoms with Crippen molar-refractivity contribution in [3.8, 4) is 17.2 Å². The normalized spacial score (nSPS) is 11.1. The molecule has 2 N–H and O–H groups in total. The molecule has 0 atom stereocenters. The Morgan fingerprint density at radius 1 is 0.592 bits per heavy atom. The number of anilines is 2. The molecule has 264 valence electrons. The minimum atomic E-state index is -0.561. The molecule has 0 unspecified atom stereocenters. The number of rotatable bonds is 17. The average molecular weight is 678 g/mol. The highest BCUT2D eigenvalue weighted by molar-refractivity contribution is 6.08. The Morgan fingerprint density at radius 3 is 1.43 bits per heavy atom. The Morgan fingerprint density at radius 2 is 0.980 bits per heavy atom. The Labute approximate surface area is 287 Å². The van der Waals surface area contributed by atoms with Crippen molar-refractivity contribution in [3.63, 3.8) is 0 Å². The number of hydrogen-bond acceptors (Lipinski definition) is 9. The van der Waals surface area contributed by atoms with Gasteiger partial charge >= 0.3 is 11.7 Å². The third kappa shape index (κ3) is 11.8. The van der Waals surface area contributed by atoms with Gasteiger partial charge in [0.1, 0.15) is 11.5 Å². The molecule has 0 spiro atoms. The first-order valence-corrected chi connectivity index (χ1v) is 16.4. The quantitative estimate of drug-likeness (QED) is 0.0821. The van der Waals surface area contributed by atoms with Crippen molar-refractivity contribution >= 4 is 34.8 Å². The molecule has 12 heteroatoms. The van der Waals surface area contributed by atoms with Crippen LogP contribution in [0.15, 0.2) is 54.6 Å². The Balaban J connectivity index is 1.89. The van der Waals surface area contributed by atoms with Gasteiger partial charge in [0.15, 0.2) is 5.75 Å². The second-order valence-electron chi connectivity index (χ2n) is 13.4. The van der Waals surface area contributed by atoms with Crippen molar-refractivity contribution in [1.29, 1.82) is 0 Å². The third-order valence-corrected chi connectivity index (χ3v) is 6.64. The highest BCUT2D eigenvalue weighted by Crippen LogP contribution is 2.32. The van der Waals surface area contributed by atoms with Gasteiger partial charge in [-0.25, -0.2) is 4.79 Å². The van der Waals surface area contributed by atoms with E-state index in [1.165, 1.54) is 30.3 Å². The number of hydrogen-bond donors (Lipinski definition) is 2. The molecule has 0 aliphatic rings. The average Bonchev–Trinajstić information content (AvgIpc) is 3.04. The van der Waals surface area contributed by atoms with Crippen molar-refractivity contribution in [2.24, 2.45) is 23.7 Å².